The Labute approximate surface area is 169 Å². The summed E-state index contributed by atoms with van der Waals surface area (Å²) < 4.78 is 74.0. The highest BCUT2D eigenvalue weighted by molar-refractivity contribution is 9.10. The van der Waals surface area contributed by atoms with Crippen molar-refractivity contribution in [1.29, 1.82) is 0 Å². The number of carbonyl (C=O) groups excluding carboxylic acids is 1. The van der Waals surface area contributed by atoms with Gasteiger partial charge < -0.3 is 9.47 Å². The van der Waals surface area contributed by atoms with Crippen LogP contribution in [0.15, 0.2) is 16.7 Å². The van der Waals surface area contributed by atoms with E-state index in [0.717, 1.165) is 6.26 Å². The molecule has 28 heavy (non-hydrogen) atoms. The molecule has 0 fully saturated rings. The first kappa shape index (κ1) is 24.3. The number of aromatic nitrogens is 1. The first-order valence-electron chi connectivity index (χ1n) is 7.86. The Bertz CT molecular complexity index is 797. The average molecular weight is 492 g/mol. The van der Waals surface area contributed by atoms with Gasteiger partial charge in [0, 0.05) is 10.7 Å². The number of amides is 1. The summed E-state index contributed by atoms with van der Waals surface area (Å²) in [5.74, 6) is -0.148. The van der Waals surface area contributed by atoms with Crippen LogP contribution in [0.2, 0.25) is 0 Å². The second-order valence-electron chi connectivity index (χ2n) is 6.75. The van der Waals surface area contributed by atoms with E-state index >= 15 is 0 Å². The molecule has 0 aliphatic rings. The van der Waals surface area contributed by atoms with Gasteiger partial charge in [0.05, 0.1) is 12.8 Å². The van der Waals surface area contributed by atoms with Crippen LogP contribution in [0, 0.1) is 0 Å². The predicted octanol–water partition coefficient (Wildman–Crippen LogP) is 3.39. The second-order valence-corrected chi connectivity index (χ2v) is 9.41. The zero-order chi connectivity index (χ0) is 21.8. The molecule has 1 aromatic rings. The van der Waals surface area contributed by atoms with E-state index < -0.39 is 41.0 Å². The molecule has 1 heterocycles. The van der Waals surface area contributed by atoms with Gasteiger partial charge in [0.1, 0.15) is 24.4 Å². The summed E-state index contributed by atoms with van der Waals surface area (Å²) in [6.45, 7) is 2.24. The van der Waals surface area contributed by atoms with Crippen molar-refractivity contribution in [1.82, 2.24) is 9.88 Å². The molecule has 0 spiro atoms. The SMILES string of the molecule is CC(C)(C)OC(=O)N(CCOc1ncc(Br)cc1NS(C)(=O)=O)CC(F)(F)F. The van der Waals surface area contributed by atoms with Crippen molar-refractivity contribution in [2.24, 2.45) is 0 Å². The number of alkyl halides is 3. The molecule has 1 N–H and O–H groups in total. The summed E-state index contributed by atoms with van der Waals surface area (Å²) in [6.07, 6.45) is -3.53. The first-order valence-corrected chi connectivity index (χ1v) is 10.5. The fourth-order valence-electron chi connectivity index (χ4n) is 1.84. The van der Waals surface area contributed by atoms with Crippen LogP contribution < -0.4 is 9.46 Å². The number of nitrogens with one attached hydrogen (secondary N) is 1. The van der Waals surface area contributed by atoms with Gasteiger partial charge in [-0.05, 0) is 42.8 Å². The summed E-state index contributed by atoms with van der Waals surface area (Å²) in [6, 6.07) is 1.38. The minimum atomic E-state index is -4.63. The molecule has 1 aromatic heterocycles. The van der Waals surface area contributed by atoms with Crippen LogP contribution in [0.1, 0.15) is 20.8 Å². The summed E-state index contributed by atoms with van der Waals surface area (Å²) in [4.78, 5) is 16.4. The van der Waals surface area contributed by atoms with Crippen molar-refractivity contribution in [3.63, 3.8) is 0 Å². The van der Waals surface area contributed by atoms with E-state index in [1.807, 2.05) is 0 Å². The Morgan fingerprint density at radius 2 is 1.93 bits per heavy atom. The standard InChI is InChI=1S/C15H21BrF3N3O5S/c1-14(2,3)27-13(23)22(9-15(17,18)19)5-6-26-12-11(21-28(4,24)25)7-10(16)8-20-12/h7-8,21H,5-6,9H2,1-4H3. The third-order valence-corrected chi connectivity index (χ3v) is 3.76. The molecule has 8 nitrogen and oxygen atoms in total. The molecule has 0 radical (unpaired) electrons. The number of rotatable bonds is 7. The lowest BCUT2D eigenvalue weighted by Crippen LogP contribution is -2.44. The average Bonchev–Trinajstić information content (AvgIpc) is 2.43. The van der Waals surface area contributed by atoms with Crippen molar-refractivity contribution in [2.75, 3.05) is 30.7 Å². The quantitative estimate of drug-likeness (QED) is 0.627. The maximum Gasteiger partial charge on any atom is 0.410 e. The van der Waals surface area contributed by atoms with E-state index in [1.54, 1.807) is 0 Å². The third kappa shape index (κ3) is 9.97. The molecule has 13 heteroatoms. The molecule has 0 bridgehead atoms. The van der Waals surface area contributed by atoms with Crippen molar-refractivity contribution in [3.05, 3.63) is 16.7 Å². The number of carbonyl (C=O) groups is 1. The van der Waals surface area contributed by atoms with Crippen LogP contribution in [0.25, 0.3) is 0 Å². The van der Waals surface area contributed by atoms with E-state index in [0.29, 0.717) is 9.37 Å². The van der Waals surface area contributed by atoms with Crippen LogP contribution >= 0.6 is 15.9 Å². The van der Waals surface area contributed by atoms with Crippen LogP contribution in [-0.2, 0) is 14.8 Å². The number of pyridine rings is 1. The van der Waals surface area contributed by atoms with Gasteiger partial charge >= 0.3 is 12.3 Å². The molecule has 1 amide bonds. The van der Waals surface area contributed by atoms with Gasteiger partial charge in [0.15, 0.2) is 0 Å². The monoisotopic (exact) mass is 491 g/mol. The van der Waals surface area contributed by atoms with Gasteiger partial charge in [-0.15, -0.1) is 0 Å². The van der Waals surface area contributed by atoms with E-state index in [4.69, 9.17) is 9.47 Å². The van der Waals surface area contributed by atoms with Gasteiger partial charge in [-0.25, -0.2) is 18.2 Å². The van der Waals surface area contributed by atoms with E-state index in [2.05, 4.69) is 25.6 Å². The zero-order valence-corrected chi connectivity index (χ0v) is 18.0. The molecule has 0 saturated heterocycles. The lowest BCUT2D eigenvalue weighted by molar-refractivity contribution is -0.145. The maximum absolute atomic E-state index is 12.8. The van der Waals surface area contributed by atoms with Crippen molar-refractivity contribution in [3.8, 4) is 5.88 Å². The van der Waals surface area contributed by atoms with E-state index in [-0.39, 0.29) is 18.2 Å². The molecule has 0 aliphatic heterocycles. The van der Waals surface area contributed by atoms with Crippen LogP contribution in [0.3, 0.4) is 0 Å². The van der Waals surface area contributed by atoms with Crippen LogP contribution in [-0.4, -0.2) is 62.1 Å². The number of hydrogen-bond acceptors (Lipinski definition) is 6. The lowest BCUT2D eigenvalue weighted by Gasteiger charge is -2.28. The van der Waals surface area contributed by atoms with E-state index in [9.17, 15) is 26.4 Å². The number of ether oxygens (including phenoxy) is 2. The van der Waals surface area contributed by atoms with Gasteiger partial charge in [-0.1, -0.05) is 0 Å². The van der Waals surface area contributed by atoms with E-state index in [1.165, 1.54) is 33.0 Å². The summed E-state index contributed by atoms with van der Waals surface area (Å²) in [7, 11) is -3.64. The minimum Gasteiger partial charge on any atom is -0.474 e. The van der Waals surface area contributed by atoms with Gasteiger partial charge in [0.2, 0.25) is 15.9 Å². The molecular formula is C15H21BrF3N3O5S. The Kier molecular flexibility index (Phi) is 7.94. The van der Waals surface area contributed by atoms with Crippen LogP contribution in [0.4, 0.5) is 23.7 Å². The number of nitrogens with zero attached hydrogens (tertiary/aromatic N) is 2. The number of sulfonamides is 1. The maximum atomic E-state index is 12.8. The van der Waals surface area contributed by atoms with Crippen LogP contribution in [0.5, 0.6) is 5.88 Å². The van der Waals surface area contributed by atoms with Gasteiger partial charge in [-0.2, -0.15) is 13.2 Å². The summed E-state index contributed by atoms with van der Waals surface area (Å²) >= 11 is 3.13. The molecule has 0 atom stereocenters. The predicted molar refractivity (Wildman–Crippen MR) is 99.8 cm³/mol. The highest BCUT2D eigenvalue weighted by atomic mass is 79.9. The Balaban J connectivity index is 2.87. The smallest absolute Gasteiger partial charge is 0.410 e. The third-order valence-electron chi connectivity index (χ3n) is 2.73. The summed E-state index contributed by atoms with van der Waals surface area (Å²) in [5.41, 5.74) is -0.974. The molecular weight excluding hydrogens is 471 g/mol. The molecule has 0 aliphatic carbocycles. The normalized spacial score (nSPS) is 12.4. The zero-order valence-electron chi connectivity index (χ0n) is 15.6. The second kappa shape index (κ2) is 9.16. The van der Waals surface area contributed by atoms with Gasteiger partial charge in [-0.3, -0.25) is 9.62 Å². The molecule has 160 valence electrons. The van der Waals surface area contributed by atoms with Gasteiger partial charge in [0.25, 0.3) is 0 Å². The number of halogens is 4. The minimum absolute atomic E-state index is 0.00323. The Morgan fingerprint density at radius 1 is 1.32 bits per heavy atom. The number of anilines is 1. The highest BCUT2D eigenvalue weighted by Crippen LogP contribution is 2.26. The number of hydrogen-bond donors (Lipinski definition) is 1. The molecule has 0 aromatic carbocycles. The van der Waals surface area contributed by atoms with Crippen molar-refractivity contribution in [2.45, 2.75) is 32.5 Å². The largest absolute Gasteiger partial charge is 0.474 e. The fourth-order valence-corrected chi connectivity index (χ4v) is 2.72. The topological polar surface area (TPSA) is 97.8 Å². The first-order chi connectivity index (χ1) is 12.6. The lowest BCUT2D eigenvalue weighted by atomic mass is 10.2. The molecule has 0 saturated carbocycles. The van der Waals surface area contributed by atoms with Crippen molar-refractivity contribution >= 4 is 37.7 Å². The molecule has 0 unspecified atom stereocenters. The Hall–Kier alpha value is -1.76. The fraction of sp³-hybridized carbons (Fsp3) is 0.600. The highest BCUT2D eigenvalue weighted by Gasteiger charge is 2.35. The summed E-state index contributed by atoms with van der Waals surface area (Å²) in [5, 5.41) is 0. The Morgan fingerprint density at radius 3 is 2.43 bits per heavy atom. The van der Waals surface area contributed by atoms with Crippen molar-refractivity contribution < 1.29 is 35.9 Å². The molecule has 1 rings (SSSR count).